The monoisotopic (exact) mass is 376 g/mol. The van der Waals surface area contributed by atoms with E-state index in [2.05, 4.69) is 11.9 Å². The van der Waals surface area contributed by atoms with Gasteiger partial charge in [-0.15, -0.1) is 6.58 Å². The van der Waals surface area contributed by atoms with Crippen molar-refractivity contribution < 1.29 is 14.3 Å². The minimum absolute atomic E-state index is 0.224. The van der Waals surface area contributed by atoms with Crippen molar-refractivity contribution in [2.24, 2.45) is 5.92 Å². The highest BCUT2D eigenvalue weighted by molar-refractivity contribution is 6.08. The molecule has 0 saturated carbocycles. The molecular weight excluding hydrogens is 352 g/mol. The highest BCUT2D eigenvalue weighted by atomic mass is 16.5. The second-order valence-electron chi connectivity index (χ2n) is 7.70. The van der Waals surface area contributed by atoms with Gasteiger partial charge in [0.15, 0.2) is 5.72 Å². The van der Waals surface area contributed by atoms with E-state index in [4.69, 9.17) is 4.74 Å². The molecule has 2 aliphatic heterocycles. The highest BCUT2D eigenvalue weighted by Crippen LogP contribution is 2.50. The normalized spacial score (nSPS) is 25.5. The van der Waals surface area contributed by atoms with Crippen LogP contribution in [0.2, 0.25) is 0 Å². The van der Waals surface area contributed by atoms with Crippen molar-refractivity contribution in [3.63, 3.8) is 0 Å². The first kappa shape index (κ1) is 18.3. The molecule has 0 aromatic heterocycles. The zero-order valence-corrected chi connectivity index (χ0v) is 16.1. The van der Waals surface area contributed by atoms with Crippen LogP contribution in [0.1, 0.15) is 30.4 Å². The van der Waals surface area contributed by atoms with Crippen LogP contribution < -0.4 is 10.1 Å². The number of carbonyl (C=O) groups is 2. The van der Waals surface area contributed by atoms with Crippen LogP contribution in [0.4, 0.5) is 5.69 Å². The summed E-state index contributed by atoms with van der Waals surface area (Å²) < 4.78 is 6.21. The lowest BCUT2D eigenvalue weighted by Gasteiger charge is -2.52. The number of benzene rings is 2. The molecule has 144 valence electrons. The van der Waals surface area contributed by atoms with Gasteiger partial charge in [0, 0.05) is 24.6 Å². The molecular formula is C23H24N2O3. The van der Waals surface area contributed by atoms with Gasteiger partial charge in [0.05, 0.1) is 0 Å². The number of ether oxygens (including phenoxy) is 1. The Morgan fingerprint density at radius 1 is 1.29 bits per heavy atom. The third kappa shape index (κ3) is 2.97. The lowest BCUT2D eigenvalue weighted by atomic mass is 9.73. The number of aryl methyl sites for hydroxylation is 1. The van der Waals surface area contributed by atoms with Gasteiger partial charge in [0.25, 0.3) is 0 Å². The fraction of sp³-hybridized carbons (Fsp3) is 0.304. The molecule has 4 rings (SSSR count). The fourth-order valence-electron chi connectivity index (χ4n) is 4.28. The summed E-state index contributed by atoms with van der Waals surface area (Å²) in [6, 6.07) is 15.2. The number of likely N-dealkylation sites (tertiary alicyclic amines) is 1. The molecule has 2 aromatic carbocycles. The van der Waals surface area contributed by atoms with Crippen LogP contribution in [-0.2, 0) is 9.59 Å². The van der Waals surface area contributed by atoms with Crippen molar-refractivity contribution in [2.45, 2.75) is 31.9 Å². The highest BCUT2D eigenvalue weighted by Gasteiger charge is 2.55. The van der Waals surface area contributed by atoms with Crippen LogP contribution in [-0.4, -0.2) is 29.0 Å². The summed E-state index contributed by atoms with van der Waals surface area (Å²) >= 11 is 0. The number of fused-ring (bicyclic) bond motifs is 4. The second-order valence-corrected chi connectivity index (χ2v) is 7.70. The molecule has 1 saturated heterocycles. The van der Waals surface area contributed by atoms with Crippen LogP contribution in [0.3, 0.4) is 0 Å². The number of nitrogens with zero attached hydrogens (tertiary/aromatic N) is 1. The van der Waals surface area contributed by atoms with Crippen molar-refractivity contribution in [3.05, 3.63) is 72.3 Å². The number of rotatable bonds is 4. The van der Waals surface area contributed by atoms with Gasteiger partial charge in [-0.2, -0.15) is 0 Å². The minimum Gasteiger partial charge on any atom is -0.468 e. The molecule has 2 aromatic rings. The molecule has 1 fully saturated rings. The maximum atomic E-state index is 13.4. The predicted molar refractivity (Wildman–Crippen MR) is 108 cm³/mol. The van der Waals surface area contributed by atoms with Gasteiger partial charge in [0.2, 0.25) is 11.8 Å². The number of para-hydroxylation sites is 1. The quantitative estimate of drug-likeness (QED) is 0.651. The van der Waals surface area contributed by atoms with E-state index in [0.717, 1.165) is 16.9 Å². The standard InChI is InChI=1S/C23H24N2O3/c1-4-13-25-22(27)20(21(26)24-16-11-9-15(2)10-12-16)18-14-23(25,3)28-19-8-6-5-7-17(18)19/h4-12,18,20H,1,13-14H2,2-3H3,(H,24,26)/t18-,20+,23-/m1/s1. The number of amides is 2. The smallest absolute Gasteiger partial charge is 0.239 e. The number of nitrogens with one attached hydrogen (secondary N) is 1. The Morgan fingerprint density at radius 3 is 2.71 bits per heavy atom. The van der Waals surface area contributed by atoms with Crippen molar-refractivity contribution in [1.29, 1.82) is 0 Å². The number of anilines is 1. The molecule has 2 heterocycles. The minimum atomic E-state index is -0.806. The number of piperidine rings is 1. The summed E-state index contributed by atoms with van der Waals surface area (Å²) in [6.07, 6.45) is 2.23. The number of carbonyl (C=O) groups excluding carboxylic acids is 2. The molecule has 3 atom stereocenters. The summed E-state index contributed by atoms with van der Waals surface area (Å²) in [4.78, 5) is 28.2. The van der Waals surface area contributed by atoms with Crippen molar-refractivity contribution in [2.75, 3.05) is 11.9 Å². The van der Waals surface area contributed by atoms with Gasteiger partial charge in [0.1, 0.15) is 11.7 Å². The third-order valence-corrected chi connectivity index (χ3v) is 5.67. The first-order valence-corrected chi connectivity index (χ1v) is 9.51. The maximum Gasteiger partial charge on any atom is 0.239 e. The van der Waals surface area contributed by atoms with Gasteiger partial charge in [-0.25, -0.2) is 0 Å². The van der Waals surface area contributed by atoms with Crippen LogP contribution in [0.15, 0.2) is 61.2 Å². The van der Waals surface area contributed by atoms with E-state index >= 15 is 0 Å². The third-order valence-electron chi connectivity index (χ3n) is 5.67. The van der Waals surface area contributed by atoms with Crippen LogP contribution >= 0.6 is 0 Å². The van der Waals surface area contributed by atoms with Gasteiger partial charge in [-0.1, -0.05) is 42.0 Å². The molecule has 0 radical (unpaired) electrons. The zero-order valence-electron chi connectivity index (χ0n) is 16.1. The first-order valence-electron chi connectivity index (χ1n) is 9.51. The predicted octanol–water partition coefficient (Wildman–Crippen LogP) is 3.86. The van der Waals surface area contributed by atoms with Crippen molar-refractivity contribution in [1.82, 2.24) is 4.90 Å². The Balaban J connectivity index is 1.73. The van der Waals surface area contributed by atoms with Crippen LogP contribution in [0.25, 0.3) is 0 Å². The molecule has 28 heavy (non-hydrogen) atoms. The largest absolute Gasteiger partial charge is 0.468 e. The lowest BCUT2D eigenvalue weighted by molar-refractivity contribution is -0.173. The Bertz CT molecular complexity index is 937. The molecule has 2 aliphatic rings. The Labute approximate surface area is 165 Å². The lowest BCUT2D eigenvalue weighted by Crippen LogP contribution is -2.64. The van der Waals surface area contributed by atoms with E-state index in [9.17, 15) is 9.59 Å². The van der Waals surface area contributed by atoms with Crippen molar-refractivity contribution in [3.8, 4) is 5.75 Å². The summed E-state index contributed by atoms with van der Waals surface area (Å²) in [5.41, 5.74) is 1.92. The molecule has 2 bridgehead atoms. The maximum absolute atomic E-state index is 13.4. The van der Waals surface area contributed by atoms with E-state index in [1.165, 1.54) is 0 Å². The van der Waals surface area contributed by atoms with Crippen LogP contribution in [0, 0.1) is 12.8 Å². The van der Waals surface area contributed by atoms with Gasteiger partial charge in [-0.05, 0) is 37.6 Å². The second kappa shape index (κ2) is 6.82. The summed E-state index contributed by atoms with van der Waals surface area (Å²) in [6.45, 7) is 8.00. The van der Waals surface area contributed by atoms with E-state index in [1.54, 1.807) is 11.0 Å². The summed E-state index contributed by atoms with van der Waals surface area (Å²) in [5, 5.41) is 2.93. The van der Waals surface area contributed by atoms with E-state index in [1.807, 2.05) is 62.4 Å². The average molecular weight is 376 g/mol. The Morgan fingerprint density at radius 2 is 2.00 bits per heavy atom. The average Bonchev–Trinajstić information content (AvgIpc) is 2.67. The molecule has 0 spiro atoms. The molecule has 0 aliphatic carbocycles. The van der Waals surface area contributed by atoms with Crippen molar-refractivity contribution >= 4 is 17.5 Å². The summed E-state index contributed by atoms with van der Waals surface area (Å²) in [7, 11) is 0. The topological polar surface area (TPSA) is 58.6 Å². The Kier molecular flexibility index (Phi) is 4.46. The van der Waals surface area contributed by atoms with Gasteiger partial charge in [-0.3, -0.25) is 9.59 Å². The molecule has 5 heteroatoms. The van der Waals surface area contributed by atoms with Gasteiger partial charge < -0.3 is 15.0 Å². The fourth-order valence-corrected chi connectivity index (χ4v) is 4.28. The summed E-state index contributed by atoms with van der Waals surface area (Å²) in [5.74, 6) is -0.811. The first-order chi connectivity index (χ1) is 13.4. The van der Waals surface area contributed by atoms with E-state index < -0.39 is 11.6 Å². The van der Waals surface area contributed by atoms with E-state index in [-0.39, 0.29) is 17.7 Å². The molecule has 1 N–H and O–H groups in total. The SMILES string of the molecule is C=CCN1C(=O)[C@H](C(=O)Nc2ccc(C)cc2)[C@@H]2C[C@@]1(C)Oc1ccccc12. The molecule has 5 nitrogen and oxygen atoms in total. The zero-order chi connectivity index (χ0) is 19.9. The number of hydrogen-bond acceptors (Lipinski definition) is 3. The molecule has 2 amide bonds. The molecule has 0 unspecified atom stereocenters. The van der Waals surface area contributed by atoms with Crippen LogP contribution in [0.5, 0.6) is 5.75 Å². The van der Waals surface area contributed by atoms with E-state index in [0.29, 0.717) is 18.7 Å². The van der Waals surface area contributed by atoms with Gasteiger partial charge >= 0.3 is 0 Å². The number of hydrogen-bond donors (Lipinski definition) is 1. The Hall–Kier alpha value is -3.08.